The molecule has 3 heterocycles. The SMILES string of the molecule is COC1O[C@@H]2[C@@](CF)(COP(=O)(OC(C)OC(=O)OC(C)C)OC(C)OC(=O)OC(C)C)OC(n3ccc(=O)[nH]c3=O)[C@]2(C)O1. The second-order valence-corrected chi connectivity index (χ2v) is 12.2. The van der Waals surface area contributed by atoms with Crippen LogP contribution in [-0.4, -0.2) is 90.8 Å². The zero-order chi connectivity index (χ0) is 33.7. The Bertz CT molecular complexity index is 1320. The number of alkyl halides is 1. The van der Waals surface area contributed by atoms with Gasteiger partial charge < -0.3 is 37.9 Å². The number of hydrogen-bond acceptors (Lipinski definition) is 16. The molecular formula is C25H38FN2O16P. The number of halogens is 1. The van der Waals surface area contributed by atoms with Crippen molar-refractivity contribution in [1.82, 2.24) is 9.55 Å². The molecule has 2 aliphatic rings. The summed E-state index contributed by atoms with van der Waals surface area (Å²) in [5, 5.41) is 0. The third-order valence-corrected chi connectivity index (χ3v) is 7.72. The number of carbonyl (C=O) groups excluding carboxylic acids is 2. The van der Waals surface area contributed by atoms with Gasteiger partial charge in [-0.1, -0.05) is 0 Å². The summed E-state index contributed by atoms with van der Waals surface area (Å²) >= 11 is 0. The van der Waals surface area contributed by atoms with Crippen LogP contribution in [0.5, 0.6) is 0 Å². The zero-order valence-corrected chi connectivity index (χ0v) is 26.8. The normalized spacial score (nSPS) is 28.7. The van der Waals surface area contributed by atoms with E-state index in [0.717, 1.165) is 30.7 Å². The number of fused-ring (bicyclic) bond motifs is 1. The number of hydrogen-bond donors (Lipinski definition) is 1. The van der Waals surface area contributed by atoms with Crippen molar-refractivity contribution in [3.05, 3.63) is 33.1 Å². The van der Waals surface area contributed by atoms with Crippen LogP contribution in [0.4, 0.5) is 14.0 Å². The second kappa shape index (κ2) is 14.7. The van der Waals surface area contributed by atoms with Gasteiger partial charge in [0.1, 0.15) is 18.4 Å². The standard InChI is InChI=1S/C25H38FN2O16P/c1-13(2)36-21(31)38-15(5)43-45(33,44-16(6)39-22(32)37-14(3)4)35-12-25(11-26)18-24(7,42-23(34-8)40-18)19(41-25)28-10-9-17(29)27-20(28)30/h9-10,13-16,18-19,23H,11-12H2,1-8H3,(H,27,29,30)/t15?,16?,18-,19?,23?,24+,25+,45?/m0/s1. The summed E-state index contributed by atoms with van der Waals surface area (Å²) in [5.74, 6) is 0. The molecule has 20 heteroatoms. The number of nitrogens with one attached hydrogen (secondary N) is 1. The van der Waals surface area contributed by atoms with Crippen molar-refractivity contribution < 1.29 is 70.0 Å². The molecule has 0 amide bonds. The number of nitrogens with zero attached hydrogens (tertiary/aromatic N) is 1. The maximum absolute atomic E-state index is 15.1. The highest BCUT2D eigenvalue weighted by molar-refractivity contribution is 7.48. The molecule has 1 aromatic rings. The topological polar surface area (TPSA) is 208 Å². The summed E-state index contributed by atoms with van der Waals surface area (Å²) in [7, 11) is -3.72. The third-order valence-electron chi connectivity index (χ3n) is 6.17. The minimum absolute atomic E-state index is 0.560. The summed E-state index contributed by atoms with van der Waals surface area (Å²) in [6.07, 6.45) is -8.47. The molecule has 3 rings (SSSR count). The van der Waals surface area contributed by atoms with Crippen molar-refractivity contribution >= 4 is 20.1 Å². The highest BCUT2D eigenvalue weighted by Gasteiger charge is 2.70. The van der Waals surface area contributed by atoms with E-state index < -0.39 is 99.5 Å². The van der Waals surface area contributed by atoms with Gasteiger partial charge in [0.25, 0.3) is 12.0 Å². The number of methoxy groups -OCH3 is 1. The molecule has 2 fully saturated rings. The first-order valence-electron chi connectivity index (χ1n) is 13.7. The Morgan fingerprint density at radius 2 is 1.56 bits per heavy atom. The molecule has 0 aromatic carbocycles. The summed E-state index contributed by atoms with van der Waals surface area (Å²) in [5.41, 5.74) is -5.43. The van der Waals surface area contributed by atoms with Crippen LogP contribution in [0.3, 0.4) is 0 Å². The summed E-state index contributed by atoms with van der Waals surface area (Å²) < 4.78 is 88.2. The number of H-pyrrole nitrogens is 1. The van der Waals surface area contributed by atoms with Gasteiger partial charge in [0.2, 0.25) is 12.6 Å². The van der Waals surface area contributed by atoms with Crippen molar-refractivity contribution in [2.45, 2.75) is 103 Å². The maximum Gasteiger partial charge on any atom is 0.510 e. The van der Waals surface area contributed by atoms with E-state index in [-0.39, 0.29) is 0 Å². The first-order chi connectivity index (χ1) is 21.0. The highest BCUT2D eigenvalue weighted by atomic mass is 31.2. The molecule has 4 unspecified atom stereocenters. The van der Waals surface area contributed by atoms with E-state index in [2.05, 4.69) is 4.98 Å². The first kappa shape index (κ1) is 36.6. The zero-order valence-electron chi connectivity index (χ0n) is 25.9. The van der Waals surface area contributed by atoms with Gasteiger partial charge in [-0.3, -0.25) is 18.9 Å². The largest absolute Gasteiger partial charge is 0.510 e. The number of phosphoric ester groups is 1. The molecule has 256 valence electrons. The van der Waals surface area contributed by atoms with Crippen LogP contribution in [0.2, 0.25) is 0 Å². The molecule has 45 heavy (non-hydrogen) atoms. The van der Waals surface area contributed by atoms with Crippen molar-refractivity contribution in [2.75, 3.05) is 20.4 Å². The number of ether oxygens (including phenoxy) is 8. The minimum atomic E-state index is -4.96. The Kier molecular flexibility index (Phi) is 11.9. The lowest BCUT2D eigenvalue weighted by Gasteiger charge is -2.32. The lowest BCUT2D eigenvalue weighted by molar-refractivity contribution is -0.282. The van der Waals surface area contributed by atoms with Gasteiger partial charge in [-0.25, -0.2) is 32.4 Å². The van der Waals surface area contributed by atoms with Gasteiger partial charge in [0.05, 0.1) is 18.8 Å². The third kappa shape index (κ3) is 8.88. The van der Waals surface area contributed by atoms with Gasteiger partial charge in [0.15, 0.2) is 11.8 Å². The van der Waals surface area contributed by atoms with Gasteiger partial charge in [-0.15, -0.1) is 0 Å². The summed E-state index contributed by atoms with van der Waals surface area (Å²) in [4.78, 5) is 50.4. The molecule has 7 atom stereocenters. The summed E-state index contributed by atoms with van der Waals surface area (Å²) in [6, 6.07) is 1.03. The van der Waals surface area contributed by atoms with E-state index in [4.69, 9.17) is 51.5 Å². The lowest BCUT2D eigenvalue weighted by atomic mass is 9.88. The predicted molar refractivity (Wildman–Crippen MR) is 145 cm³/mol. The predicted octanol–water partition coefficient (Wildman–Crippen LogP) is 2.85. The monoisotopic (exact) mass is 672 g/mol. The molecule has 0 saturated carbocycles. The average molecular weight is 673 g/mol. The van der Waals surface area contributed by atoms with E-state index in [9.17, 15) is 23.7 Å². The van der Waals surface area contributed by atoms with E-state index >= 15 is 4.39 Å². The molecule has 0 aliphatic carbocycles. The van der Waals surface area contributed by atoms with Gasteiger partial charge in [-0.2, -0.15) is 0 Å². The van der Waals surface area contributed by atoms with E-state index in [1.54, 1.807) is 27.7 Å². The second-order valence-electron chi connectivity index (χ2n) is 10.7. The van der Waals surface area contributed by atoms with Crippen molar-refractivity contribution in [3.8, 4) is 0 Å². The smallest absolute Gasteiger partial charge is 0.432 e. The molecule has 2 aliphatic heterocycles. The minimum Gasteiger partial charge on any atom is -0.432 e. The Morgan fingerprint density at radius 3 is 2.02 bits per heavy atom. The van der Waals surface area contributed by atoms with Crippen LogP contribution in [0.25, 0.3) is 0 Å². The van der Waals surface area contributed by atoms with E-state index in [0.29, 0.717) is 0 Å². The molecular weight excluding hydrogens is 634 g/mol. The Balaban J connectivity index is 1.92. The molecule has 0 bridgehead atoms. The van der Waals surface area contributed by atoms with Crippen molar-refractivity contribution in [2.24, 2.45) is 0 Å². The number of aromatic amines is 1. The van der Waals surface area contributed by atoms with Crippen LogP contribution < -0.4 is 11.2 Å². The maximum atomic E-state index is 15.1. The average Bonchev–Trinajstić information content (AvgIpc) is 3.36. The quantitative estimate of drug-likeness (QED) is 0.171. The van der Waals surface area contributed by atoms with E-state index in [1.807, 2.05) is 0 Å². The van der Waals surface area contributed by atoms with Crippen LogP contribution in [0, 0.1) is 0 Å². The Morgan fingerprint density at radius 1 is 1.00 bits per heavy atom. The van der Waals surface area contributed by atoms with Crippen molar-refractivity contribution in [1.29, 1.82) is 0 Å². The summed E-state index contributed by atoms with van der Waals surface area (Å²) in [6.45, 7) is 6.30. The number of carbonyl (C=O) groups is 2. The highest BCUT2D eigenvalue weighted by Crippen LogP contribution is 2.57. The van der Waals surface area contributed by atoms with Crippen LogP contribution in [0.1, 0.15) is 54.7 Å². The lowest BCUT2D eigenvalue weighted by Crippen LogP contribution is -2.51. The van der Waals surface area contributed by atoms with Gasteiger partial charge >= 0.3 is 25.8 Å². The number of phosphoric acid groups is 1. The number of aromatic nitrogens is 2. The van der Waals surface area contributed by atoms with Gasteiger partial charge in [-0.05, 0) is 48.5 Å². The van der Waals surface area contributed by atoms with Crippen LogP contribution >= 0.6 is 7.82 Å². The molecule has 18 nitrogen and oxygen atoms in total. The fraction of sp³-hybridized carbons (Fsp3) is 0.760. The molecule has 1 N–H and O–H groups in total. The van der Waals surface area contributed by atoms with Gasteiger partial charge in [0, 0.05) is 19.4 Å². The van der Waals surface area contributed by atoms with Crippen LogP contribution in [-0.2, 0) is 56.0 Å². The first-order valence-corrected chi connectivity index (χ1v) is 15.2. The molecule has 2 saturated heterocycles. The fourth-order valence-corrected chi connectivity index (χ4v) is 5.83. The molecule has 0 radical (unpaired) electrons. The molecule has 0 spiro atoms. The van der Waals surface area contributed by atoms with Crippen molar-refractivity contribution in [3.63, 3.8) is 0 Å². The Labute approximate surface area is 256 Å². The Hall–Kier alpha value is -2.90. The fourth-order valence-electron chi connectivity index (χ4n) is 4.47. The number of rotatable bonds is 14. The molecule has 1 aromatic heterocycles. The van der Waals surface area contributed by atoms with E-state index in [1.165, 1.54) is 14.0 Å². The van der Waals surface area contributed by atoms with Crippen LogP contribution in [0.15, 0.2) is 21.9 Å².